The van der Waals surface area contributed by atoms with Gasteiger partial charge in [0.2, 0.25) is 0 Å². The van der Waals surface area contributed by atoms with E-state index in [2.05, 4.69) is 10.6 Å². The molecule has 0 aromatic heterocycles. The maximum Gasteiger partial charge on any atom is 0.315 e. The lowest BCUT2D eigenvalue weighted by Gasteiger charge is -2.19. The van der Waals surface area contributed by atoms with E-state index in [9.17, 15) is 4.79 Å². The van der Waals surface area contributed by atoms with E-state index in [0.717, 1.165) is 12.8 Å². The Morgan fingerprint density at radius 1 is 1.54 bits per heavy atom. The second-order valence-electron chi connectivity index (χ2n) is 3.54. The Morgan fingerprint density at radius 3 is 2.92 bits per heavy atom. The summed E-state index contributed by atoms with van der Waals surface area (Å²) in [5, 5.41) is 5.68. The van der Waals surface area contributed by atoms with E-state index in [1.54, 1.807) is 0 Å². The van der Waals surface area contributed by atoms with E-state index in [1.165, 1.54) is 6.42 Å². The summed E-state index contributed by atoms with van der Waals surface area (Å²) in [5.74, 6) is 0.475. The number of carbonyl (C=O) groups excluding carboxylic acids is 1. The SMILES string of the molecule is CCNC(=O)NC1CCCC1CN. The number of hydrogen-bond acceptors (Lipinski definition) is 2. The van der Waals surface area contributed by atoms with Crippen LogP contribution in [0.15, 0.2) is 0 Å². The van der Waals surface area contributed by atoms with Gasteiger partial charge in [-0.05, 0) is 32.2 Å². The summed E-state index contributed by atoms with van der Waals surface area (Å²) in [4.78, 5) is 11.2. The molecule has 4 nitrogen and oxygen atoms in total. The van der Waals surface area contributed by atoms with Gasteiger partial charge in [0.15, 0.2) is 0 Å². The van der Waals surface area contributed by atoms with Crippen LogP contribution in [-0.2, 0) is 0 Å². The predicted molar refractivity (Wildman–Crippen MR) is 52.4 cm³/mol. The summed E-state index contributed by atoms with van der Waals surface area (Å²) >= 11 is 0. The summed E-state index contributed by atoms with van der Waals surface area (Å²) in [6.45, 7) is 3.26. The maximum absolute atomic E-state index is 11.2. The fourth-order valence-electron chi connectivity index (χ4n) is 1.89. The molecule has 0 aromatic carbocycles. The molecule has 2 amide bonds. The number of hydrogen-bond donors (Lipinski definition) is 3. The molecular formula is C9H19N3O. The fourth-order valence-corrected chi connectivity index (χ4v) is 1.89. The molecule has 1 saturated carbocycles. The Labute approximate surface area is 79.3 Å². The van der Waals surface area contributed by atoms with Gasteiger partial charge in [-0.25, -0.2) is 4.79 Å². The van der Waals surface area contributed by atoms with Gasteiger partial charge in [0.05, 0.1) is 0 Å². The number of nitrogens with one attached hydrogen (secondary N) is 2. The van der Waals surface area contributed by atoms with Gasteiger partial charge in [0.25, 0.3) is 0 Å². The van der Waals surface area contributed by atoms with Crippen LogP contribution >= 0.6 is 0 Å². The monoisotopic (exact) mass is 185 g/mol. The largest absolute Gasteiger partial charge is 0.338 e. The highest BCUT2D eigenvalue weighted by molar-refractivity contribution is 5.74. The first-order valence-electron chi connectivity index (χ1n) is 5.02. The summed E-state index contributed by atoms with van der Waals surface area (Å²) in [5.41, 5.74) is 5.60. The third kappa shape index (κ3) is 2.88. The lowest BCUT2D eigenvalue weighted by Crippen LogP contribution is -2.45. The van der Waals surface area contributed by atoms with Crippen LogP contribution in [0.4, 0.5) is 4.79 Å². The molecule has 0 saturated heterocycles. The second kappa shape index (κ2) is 5.07. The molecule has 2 atom stereocenters. The molecule has 0 spiro atoms. The highest BCUT2D eigenvalue weighted by atomic mass is 16.2. The Balaban J connectivity index is 2.30. The van der Waals surface area contributed by atoms with Crippen molar-refractivity contribution in [2.24, 2.45) is 11.7 Å². The molecule has 4 N–H and O–H groups in total. The smallest absolute Gasteiger partial charge is 0.315 e. The zero-order chi connectivity index (χ0) is 9.68. The van der Waals surface area contributed by atoms with E-state index in [0.29, 0.717) is 19.0 Å². The Hall–Kier alpha value is -0.770. The van der Waals surface area contributed by atoms with Crippen LogP contribution in [-0.4, -0.2) is 25.2 Å². The molecular weight excluding hydrogens is 166 g/mol. The molecule has 13 heavy (non-hydrogen) atoms. The lowest BCUT2D eigenvalue weighted by molar-refractivity contribution is 0.234. The average Bonchev–Trinajstić information content (AvgIpc) is 2.52. The van der Waals surface area contributed by atoms with Crippen LogP contribution in [0.5, 0.6) is 0 Å². The third-order valence-corrected chi connectivity index (χ3v) is 2.62. The predicted octanol–water partition coefficient (Wildman–Crippen LogP) is 0.433. The average molecular weight is 185 g/mol. The molecule has 76 valence electrons. The number of amides is 2. The van der Waals surface area contributed by atoms with Crippen molar-refractivity contribution < 1.29 is 4.79 Å². The fraction of sp³-hybridized carbons (Fsp3) is 0.889. The van der Waals surface area contributed by atoms with Crippen molar-refractivity contribution in [3.63, 3.8) is 0 Å². The topological polar surface area (TPSA) is 67.2 Å². The third-order valence-electron chi connectivity index (χ3n) is 2.62. The quantitative estimate of drug-likeness (QED) is 0.597. The molecule has 2 unspecified atom stereocenters. The van der Waals surface area contributed by atoms with E-state index in [1.807, 2.05) is 6.92 Å². The Morgan fingerprint density at radius 2 is 2.31 bits per heavy atom. The minimum Gasteiger partial charge on any atom is -0.338 e. The maximum atomic E-state index is 11.2. The highest BCUT2D eigenvalue weighted by Gasteiger charge is 2.26. The van der Waals surface area contributed by atoms with Crippen LogP contribution in [0.25, 0.3) is 0 Å². The molecule has 0 bridgehead atoms. The molecule has 0 radical (unpaired) electrons. The van der Waals surface area contributed by atoms with Gasteiger partial charge < -0.3 is 16.4 Å². The Kier molecular flexibility index (Phi) is 4.02. The first-order chi connectivity index (χ1) is 6.27. The Bertz CT molecular complexity index is 172. The molecule has 1 aliphatic rings. The minimum atomic E-state index is -0.0622. The standard InChI is InChI=1S/C9H19N3O/c1-2-11-9(13)12-8-5-3-4-7(8)6-10/h7-8H,2-6,10H2,1H3,(H2,11,12,13). The first kappa shape index (κ1) is 10.3. The van der Waals surface area contributed by atoms with E-state index < -0.39 is 0 Å². The van der Waals surface area contributed by atoms with Crippen LogP contribution in [0.3, 0.4) is 0 Å². The number of rotatable bonds is 3. The van der Waals surface area contributed by atoms with Crippen molar-refractivity contribution in [2.45, 2.75) is 32.2 Å². The van der Waals surface area contributed by atoms with Crippen molar-refractivity contribution >= 4 is 6.03 Å². The van der Waals surface area contributed by atoms with Crippen molar-refractivity contribution in [3.8, 4) is 0 Å². The number of carbonyl (C=O) groups is 1. The van der Waals surface area contributed by atoms with Crippen molar-refractivity contribution in [1.29, 1.82) is 0 Å². The highest BCUT2D eigenvalue weighted by Crippen LogP contribution is 2.24. The van der Waals surface area contributed by atoms with Crippen LogP contribution in [0.1, 0.15) is 26.2 Å². The van der Waals surface area contributed by atoms with Gasteiger partial charge in [-0.1, -0.05) is 6.42 Å². The van der Waals surface area contributed by atoms with Gasteiger partial charge in [0, 0.05) is 12.6 Å². The molecule has 0 aliphatic heterocycles. The van der Waals surface area contributed by atoms with Crippen LogP contribution in [0, 0.1) is 5.92 Å². The van der Waals surface area contributed by atoms with Crippen molar-refractivity contribution in [3.05, 3.63) is 0 Å². The summed E-state index contributed by atoms with van der Waals surface area (Å²) in [6, 6.07) is 0.226. The molecule has 1 fully saturated rings. The van der Waals surface area contributed by atoms with Gasteiger partial charge in [-0.15, -0.1) is 0 Å². The second-order valence-corrected chi connectivity index (χ2v) is 3.54. The molecule has 0 aromatic rings. The normalized spacial score (nSPS) is 27.2. The summed E-state index contributed by atoms with van der Waals surface area (Å²) in [7, 11) is 0. The summed E-state index contributed by atoms with van der Waals surface area (Å²) < 4.78 is 0. The molecule has 1 rings (SSSR count). The van der Waals surface area contributed by atoms with Crippen molar-refractivity contribution in [2.75, 3.05) is 13.1 Å². The molecule has 1 aliphatic carbocycles. The minimum absolute atomic E-state index is 0.0622. The van der Waals surface area contributed by atoms with Crippen LogP contribution in [0.2, 0.25) is 0 Å². The zero-order valence-corrected chi connectivity index (χ0v) is 8.18. The van der Waals surface area contributed by atoms with E-state index in [-0.39, 0.29) is 12.1 Å². The van der Waals surface area contributed by atoms with Gasteiger partial charge in [0.1, 0.15) is 0 Å². The molecule has 4 heteroatoms. The van der Waals surface area contributed by atoms with Gasteiger partial charge in [-0.2, -0.15) is 0 Å². The summed E-state index contributed by atoms with van der Waals surface area (Å²) in [6.07, 6.45) is 3.39. The first-order valence-corrected chi connectivity index (χ1v) is 5.02. The zero-order valence-electron chi connectivity index (χ0n) is 8.18. The van der Waals surface area contributed by atoms with Crippen LogP contribution < -0.4 is 16.4 Å². The van der Waals surface area contributed by atoms with E-state index >= 15 is 0 Å². The number of nitrogens with two attached hydrogens (primary N) is 1. The van der Waals surface area contributed by atoms with E-state index in [4.69, 9.17) is 5.73 Å². The number of urea groups is 1. The molecule has 0 heterocycles. The van der Waals surface area contributed by atoms with Gasteiger partial charge >= 0.3 is 6.03 Å². The van der Waals surface area contributed by atoms with Gasteiger partial charge in [-0.3, -0.25) is 0 Å². The lowest BCUT2D eigenvalue weighted by atomic mass is 10.0. The van der Waals surface area contributed by atoms with Crippen molar-refractivity contribution in [1.82, 2.24) is 10.6 Å².